The van der Waals surface area contributed by atoms with Crippen LogP contribution in [0.5, 0.6) is 0 Å². The highest BCUT2D eigenvalue weighted by molar-refractivity contribution is 5.71. The first-order valence-electron chi connectivity index (χ1n) is 3.16. The lowest BCUT2D eigenvalue weighted by molar-refractivity contribution is -0.132. The van der Waals surface area contributed by atoms with Crippen molar-refractivity contribution in [2.24, 2.45) is 5.92 Å². The van der Waals surface area contributed by atoms with Crippen molar-refractivity contribution < 1.29 is 14.7 Å². The standard InChI is InChI=1S/C6H13NO3/c1-5(3-8)4-10-7-6(2)9/h5,8H,3-4H2,1-2H3,(H,7,9)/t5-/m1/s1. The number of aliphatic hydroxyl groups is 1. The Hall–Kier alpha value is -0.610. The quantitative estimate of drug-likeness (QED) is 0.536. The van der Waals surface area contributed by atoms with E-state index in [2.05, 4.69) is 10.3 Å². The highest BCUT2D eigenvalue weighted by Gasteiger charge is 1.99. The minimum Gasteiger partial charge on any atom is -0.396 e. The lowest BCUT2D eigenvalue weighted by atomic mass is 10.2. The number of hydrogen-bond donors (Lipinski definition) is 2. The van der Waals surface area contributed by atoms with Gasteiger partial charge in [0.1, 0.15) is 0 Å². The molecule has 0 aromatic carbocycles. The SMILES string of the molecule is CC(=O)NOC[C@H](C)CO. The van der Waals surface area contributed by atoms with E-state index < -0.39 is 0 Å². The minimum atomic E-state index is -0.231. The molecule has 0 saturated carbocycles. The lowest BCUT2D eigenvalue weighted by Gasteiger charge is -2.07. The number of aliphatic hydroxyl groups excluding tert-OH is 1. The van der Waals surface area contributed by atoms with Gasteiger partial charge < -0.3 is 5.11 Å². The zero-order valence-corrected chi connectivity index (χ0v) is 6.26. The molecule has 0 spiro atoms. The van der Waals surface area contributed by atoms with E-state index in [0.29, 0.717) is 6.61 Å². The van der Waals surface area contributed by atoms with Crippen molar-refractivity contribution in [2.45, 2.75) is 13.8 Å². The summed E-state index contributed by atoms with van der Waals surface area (Å²) in [5.74, 6) is -0.169. The third-order valence-electron chi connectivity index (χ3n) is 0.895. The first kappa shape index (κ1) is 9.39. The maximum Gasteiger partial charge on any atom is 0.240 e. The molecule has 4 heteroatoms. The fourth-order valence-corrected chi connectivity index (χ4v) is 0.338. The molecule has 0 aliphatic heterocycles. The van der Waals surface area contributed by atoms with E-state index in [1.54, 1.807) is 0 Å². The third kappa shape index (κ3) is 5.53. The van der Waals surface area contributed by atoms with Gasteiger partial charge in [-0.15, -0.1) is 0 Å². The van der Waals surface area contributed by atoms with Gasteiger partial charge in [0, 0.05) is 19.4 Å². The zero-order chi connectivity index (χ0) is 7.98. The number of nitrogens with one attached hydrogen (secondary N) is 1. The van der Waals surface area contributed by atoms with E-state index in [1.807, 2.05) is 6.92 Å². The first-order chi connectivity index (χ1) is 4.66. The summed E-state index contributed by atoms with van der Waals surface area (Å²) in [6.45, 7) is 3.60. The molecular weight excluding hydrogens is 134 g/mol. The molecule has 0 rings (SSSR count). The van der Waals surface area contributed by atoms with Gasteiger partial charge in [0.25, 0.3) is 0 Å². The monoisotopic (exact) mass is 147 g/mol. The Balaban J connectivity index is 3.11. The van der Waals surface area contributed by atoms with Crippen molar-refractivity contribution in [3.63, 3.8) is 0 Å². The molecule has 0 saturated heterocycles. The molecule has 0 unspecified atom stereocenters. The molecule has 0 aromatic rings. The third-order valence-corrected chi connectivity index (χ3v) is 0.895. The predicted octanol–water partition coefficient (Wildman–Crippen LogP) is -0.318. The van der Waals surface area contributed by atoms with Crippen LogP contribution in [0.3, 0.4) is 0 Å². The van der Waals surface area contributed by atoms with E-state index in [0.717, 1.165) is 0 Å². The highest BCUT2D eigenvalue weighted by Crippen LogP contribution is 1.90. The van der Waals surface area contributed by atoms with E-state index >= 15 is 0 Å². The Morgan fingerprint density at radius 2 is 2.40 bits per heavy atom. The predicted molar refractivity (Wildman–Crippen MR) is 36.0 cm³/mol. The molecule has 0 aliphatic rings. The molecule has 0 heterocycles. The molecule has 0 fully saturated rings. The van der Waals surface area contributed by atoms with Crippen LogP contribution < -0.4 is 5.48 Å². The van der Waals surface area contributed by atoms with Crippen LogP contribution in [0, 0.1) is 5.92 Å². The molecule has 0 bridgehead atoms. The van der Waals surface area contributed by atoms with Gasteiger partial charge in [-0.3, -0.25) is 9.63 Å². The maximum absolute atomic E-state index is 10.2. The topological polar surface area (TPSA) is 58.6 Å². The average Bonchev–Trinajstić information content (AvgIpc) is 1.87. The van der Waals surface area contributed by atoms with E-state index in [4.69, 9.17) is 5.11 Å². The molecule has 1 atom stereocenters. The van der Waals surface area contributed by atoms with Crippen molar-refractivity contribution in [1.82, 2.24) is 5.48 Å². The van der Waals surface area contributed by atoms with Crippen LogP contribution in [0.15, 0.2) is 0 Å². The second kappa shape index (κ2) is 5.20. The number of hydrogen-bond acceptors (Lipinski definition) is 3. The minimum absolute atomic E-state index is 0.0619. The van der Waals surface area contributed by atoms with Crippen LogP contribution in [-0.2, 0) is 9.63 Å². The van der Waals surface area contributed by atoms with E-state index in [1.165, 1.54) is 6.92 Å². The van der Waals surface area contributed by atoms with Gasteiger partial charge in [-0.2, -0.15) is 0 Å². The van der Waals surface area contributed by atoms with Crippen molar-refractivity contribution in [1.29, 1.82) is 0 Å². The molecular formula is C6H13NO3. The van der Waals surface area contributed by atoms with Crippen LogP contribution in [0.4, 0.5) is 0 Å². The average molecular weight is 147 g/mol. The number of rotatable bonds is 4. The van der Waals surface area contributed by atoms with Crippen LogP contribution in [-0.4, -0.2) is 24.2 Å². The second-order valence-electron chi connectivity index (χ2n) is 2.26. The fraction of sp³-hybridized carbons (Fsp3) is 0.833. The van der Waals surface area contributed by atoms with Gasteiger partial charge in [0.2, 0.25) is 5.91 Å². The Morgan fingerprint density at radius 1 is 1.80 bits per heavy atom. The van der Waals surface area contributed by atoms with Crippen LogP contribution in [0.1, 0.15) is 13.8 Å². The Kier molecular flexibility index (Phi) is 4.88. The summed E-state index contributed by atoms with van der Waals surface area (Å²) in [4.78, 5) is 14.9. The number of hydroxylamine groups is 1. The molecule has 2 N–H and O–H groups in total. The summed E-state index contributed by atoms with van der Waals surface area (Å²) < 4.78 is 0. The van der Waals surface area contributed by atoms with Gasteiger partial charge in [0.05, 0.1) is 6.61 Å². The van der Waals surface area contributed by atoms with Crippen LogP contribution >= 0.6 is 0 Å². The second-order valence-corrected chi connectivity index (χ2v) is 2.26. The summed E-state index contributed by atoms with van der Waals surface area (Å²) >= 11 is 0. The summed E-state index contributed by atoms with van der Waals surface area (Å²) in [5, 5.41) is 8.51. The van der Waals surface area contributed by atoms with Gasteiger partial charge in [-0.1, -0.05) is 6.92 Å². The number of carbonyl (C=O) groups excluding carboxylic acids is 1. The van der Waals surface area contributed by atoms with Crippen LogP contribution in [0.25, 0.3) is 0 Å². The Morgan fingerprint density at radius 3 is 2.80 bits per heavy atom. The summed E-state index contributed by atoms with van der Waals surface area (Å²) in [7, 11) is 0. The molecule has 10 heavy (non-hydrogen) atoms. The fourth-order valence-electron chi connectivity index (χ4n) is 0.338. The van der Waals surface area contributed by atoms with Gasteiger partial charge >= 0.3 is 0 Å². The molecule has 0 aromatic heterocycles. The summed E-state index contributed by atoms with van der Waals surface area (Å²) in [5.41, 5.74) is 2.16. The molecule has 0 radical (unpaired) electrons. The van der Waals surface area contributed by atoms with Crippen molar-refractivity contribution in [2.75, 3.05) is 13.2 Å². The highest BCUT2D eigenvalue weighted by atomic mass is 16.6. The Bertz CT molecular complexity index is 105. The van der Waals surface area contributed by atoms with Crippen molar-refractivity contribution >= 4 is 5.91 Å². The largest absolute Gasteiger partial charge is 0.396 e. The van der Waals surface area contributed by atoms with E-state index in [-0.39, 0.29) is 18.4 Å². The molecule has 4 nitrogen and oxygen atoms in total. The van der Waals surface area contributed by atoms with Crippen molar-refractivity contribution in [3.05, 3.63) is 0 Å². The number of carbonyl (C=O) groups is 1. The van der Waals surface area contributed by atoms with Crippen LogP contribution in [0.2, 0.25) is 0 Å². The summed E-state index contributed by atoms with van der Waals surface area (Å²) in [6, 6.07) is 0. The van der Waals surface area contributed by atoms with Crippen molar-refractivity contribution in [3.8, 4) is 0 Å². The molecule has 1 amide bonds. The van der Waals surface area contributed by atoms with E-state index in [9.17, 15) is 4.79 Å². The Labute approximate surface area is 60.1 Å². The van der Waals surface area contributed by atoms with Gasteiger partial charge in [-0.05, 0) is 0 Å². The molecule has 60 valence electrons. The zero-order valence-electron chi connectivity index (χ0n) is 6.26. The maximum atomic E-state index is 10.2. The smallest absolute Gasteiger partial charge is 0.240 e. The summed E-state index contributed by atoms with van der Waals surface area (Å²) in [6.07, 6.45) is 0. The van der Waals surface area contributed by atoms with Gasteiger partial charge in [0.15, 0.2) is 0 Å². The number of amides is 1. The first-order valence-corrected chi connectivity index (χ1v) is 3.16. The molecule has 0 aliphatic carbocycles. The normalized spacial score (nSPS) is 12.7. The lowest BCUT2D eigenvalue weighted by Crippen LogP contribution is -2.24. The van der Waals surface area contributed by atoms with Gasteiger partial charge in [-0.25, -0.2) is 5.48 Å².